The molecular formula is C12H18N6O2. The summed E-state index contributed by atoms with van der Waals surface area (Å²) in [7, 11) is 0. The van der Waals surface area contributed by atoms with E-state index in [9.17, 15) is 0 Å². The van der Waals surface area contributed by atoms with Crippen molar-refractivity contribution in [2.45, 2.75) is 33.7 Å². The minimum Gasteiger partial charge on any atom is -0.463 e. The number of aryl methyl sites for hydroxylation is 2. The molecule has 0 radical (unpaired) electrons. The van der Waals surface area contributed by atoms with Crippen LogP contribution in [-0.2, 0) is 6.54 Å². The first kappa shape index (κ1) is 14.0. The van der Waals surface area contributed by atoms with Gasteiger partial charge in [0.1, 0.15) is 5.76 Å². The van der Waals surface area contributed by atoms with Crippen molar-refractivity contribution in [3.05, 3.63) is 17.0 Å². The Labute approximate surface area is 116 Å². The van der Waals surface area contributed by atoms with Crippen molar-refractivity contribution >= 4 is 11.9 Å². The van der Waals surface area contributed by atoms with Gasteiger partial charge < -0.3 is 20.3 Å². The molecule has 0 saturated heterocycles. The van der Waals surface area contributed by atoms with E-state index in [0.29, 0.717) is 19.1 Å². The Bertz CT molecular complexity index is 564. The number of nitrogens with two attached hydrogens (primary N) is 1. The van der Waals surface area contributed by atoms with E-state index in [2.05, 4.69) is 25.4 Å². The van der Waals surface area contributed by atoms with Crippen LogP contribution in [-0.4, -0.2) is 26.7 Å². The average Bonchev–Trinajstić information content (AvgIpc) is 2.73. The standard InChI is InChI=1S/C12H18N6O2/c1-4-5-19-12-16-10(13)15-11(17-12)14-6-9-7(2)18-20-8(9)3/h4-6H2,1-3H3,(H3,13,14,15,16,17). The molecule has 2 aromatic rings. The molecule has 8 nitrogen and oxygen atoms in total. The highest BCUT2D eigenvalue weighted by Crippen LogP contribution is 2.15. The lowest BCUT2D eigenvalue weighted by Crippen LogP contribution is -2.10. The lowest BCUT2D eigenvalue weighted by atomic mass is 10.2. The van der Waals surface area contributed by atoms with Gasteiger partial charge in [0.05, 0.1) is 12.3 Å². The van der Waals surface area contributed by atoms with Crippen LogP contribution in [0.3, 0.4) is 0 Å². The van der Waals surface area contributed by atoms with E-state index >= 15 is 0 Å². The topological polar surface area (TPSA) is 112 Å². The monoisotopic (exact) mass is 278 g/mol. The van der Waals surface area contributed by atoms with Gasteiger partial charge in [-0.1, -0.05) is 12.1 Å². The summed E-state index contributed by atoms with van der Waals surface area (Å²) in [5.41, 5.74) is 7.43. The van der Waals surface area contributed by atoms with E-state index in [-0.39, 0.29) is 12.0 Å². The SMILES string of the molecule is CCCOc1nc(N)nc(NCc2c(C)noc2C)n1. The van der Waals surface area contributed by atoms with Gasteiger partial charge in [-0.05, 0) is 20.3 Å². The third-order valence-electron chi connectivity index (χ3n) is 2.67. The normalized spacial score (nSPS) is 10.6. The summed E-state index contributed by atoms with van der Waals surface area (Å²) in [6, 6.07) is 0.223. The molecule has 3 N–H and O–H groups in total. The van der Waals surface area contributed by atoms with Gasteiger partial charge in [0, 0.05) is 12.1 Å². The van der Waals surface area contributed by atoms with Crippen molar-refractivity contribution in [3.63, 3.8) is 0 Å². The van der Waals surface area contributed by atoms with Crippen LogP contribution >= 0.6 is 0 Å². The van der Waals surface area contributed by atoms with Gasteiger partial charge >= 0.3 is 6.01 Å². The second-order valence-corrected chi connectivity index (χ2v) is 4.30. The molecule has 108 valence electrons. The lowest BCUT2D eigenvalue weighted by Gasteiger charge is -2.07. The Hall–Kier alpha value is -2.38. The van der Waals surface area contributed by atoms with Crippen LogP contribution in [0.2, 0.25) is 0 Å². The molecule has 2 rings (SSSR count). The number of nitrogens with zero attached hydrogens (tertiary/aromatic N) is 4. The Morgan fingerprint density at radius 1 is 1.25 bits per heavy atom. The zero-order valence-corrected chi connectivity index (χ0v) is 11.8. The van der Waals surface area contributed by atoms with Crippen molar-refractivity contribution in [1.82, 2.24) is 20.1 Å². The average molecular weight is 278 g/mol. The highest BCUT2D eigenvalue weighted by atomic mass is 16.5. The maximum Gasteiger partial charge on any atom is 0.323 e. The van der Waals surface area contributed by atoms with Crippen molar-refractivity contribution in [3.8, 4) is 6.01 Å². The molecule has 0 atom stereocenters. The third kappa shape index (κ3) is 3.34. The number of rotatable bonds is 6. The van der Waals surface area contributed by atoms with Crippen molar-refractivity contribution < 1.29 is 9.26 Å². The molecule has 0 bridgehead atoms. The van der Waals surface area contributed by atoms with E-state index in [1.165, 1.54) is 0 Å². The maximum atomic E-state index is 5.63. The summed E-state index contributed by atoms with van der Waals surface area (Å²) in [5.74, 6) is 1.25. The molecule has 2 aromatic heterocycles. The number of nitrogens with one attached hydrogen (secondary N) is 1. The van der Waals surface area contributed by atoms with E-state index in [0.717, 1.165) is 23.4 Å². The molecule has 0 aromatic carbocycles. The summed E-state index contributed by atoms with van der Waals surface area (Å²) < 4.78 is 10.4. The molecule has 0 saturated carbocycles. The molecule has 0 aliphatic rings. The summed E-state index contributed by atoms with van der Waals surface area (Å²) in [4.78, 5) is 12.1. The molecule has 0 unspecified atom stereocenters. The Kier molecular flexibility index (Phi) is 4.34. The second-order valence-electron chi connectivity index (χ2n) is 4.30. The van der Waals surface area contributed by atoms with Gasteiger partial charge in [0.15, 0.2) is 0 Å². The van der Waals surface area contributed by atoms with Crippen LogP contribution in [0.4, 0.5) is 11.9 Å². The van der Waals surface area contributed by atoms with E-state index < -0.39 is 0 Å². The Balaban J connectivity index is 2.07. The van der Waals surface area contributed by atoms with Crippen LogP contribution in [0.25, 0.3) is 0 Å². The quantitative estimate of drug-likeness (QED) is 0.816. The Morgan fingerprint density at radius 3 is 2.70 bits per heavy atom. The second kappa shape index (κ2) is 6.18. The fraction of sp³-hybridized carbons (Fsp3) is 0.500. The van der Waals surface area contributed by atoms with Crippen LogP contribution in [0.5, 0.6) is 6.01 Å². The first-order chi connectivity index (χ1) is 9.60. The molecule has 0 fully saturated rings. The predicted molar refractivity (Wildman–Crippen MR) is 73.3 cm³/mol. The first-order valence-electron chi connectivity index (χ1n) is 6.40. The zero-order chi connectivity index (χ0) is 14.5. The number of anilines is 2. The maximum absolute atomic E-state index is 5.63. The number of nitrogen functional groups attached to an aromatic ring is 1. The predicted octanol–water partition coefficient (Wildman–Crippen LogP) is 1.46. The number of hydrogen-bond acceptors (Lipinski definition) is 8. The van der Waals surface area contributed by atoms with E-state index in [4.69, 9.17) is 15.0 Å². The molecule has 0 spiro atoms. The molecule has 2 heterocycles. The fourth-order valence-corrected chi connectivity index (χ4v) is 1.63. The van der Waals surface area contributed by atoms with Crippen LogP contribution < -0.4 is 15.8 Å². The molecule has 0 aliphatic carbocycles. The van der Waals surface area contributed by atoms with Crippen molar-refractivity contribution in [1.29, 1.82) is 0 Å². The highest BCUT2D eigenvalue weighted by Gasteiger charge is 2.10. The molecule has 8 heteroatoms. The van der Waals surface area contributed by atoms with Crippen LogP contribution in [0.15, 0.2) is 4.52 Å². The van der Waals surface area contributed by atoms with Crippen LogP contribution in [0.1, 0.15) is 30.4 Å². The summed E-state index contributed by atoms with van der Waals surface area (Å²) in [6.45, 7) is 6.77. The van der Waals surface area contributed by atoms with Crippen molar-refractivity contribution in [2.24, 2.45) is 0 Å². The van der Waals surface area contributed by atoms with E-state index in [1.807, 2.05) is 20.8 Å². The van der Waals surface area contributed by atoms with Gasteiger partial charge in [-0.25, -0.2) is 0 Å². The van der Waals surface area contributed by atoms with Gasteiger partial charge in [0.25, 0.3) is 0 Å². The number of ether oxygens (including phenoxy) is 1. The third-order valence-corrected chi connectivity index (χ3v) is 2.67. The minimum atomic E-state index is 0.118. The number of hydrogen-bond donors (Lipinski definition) is 2. The van der Waals surface area contributed by atoms with E-state index in [1.54, 1.807) is 0 Å². The van der Waals surface area contributed by atoms with Gasteiger partial charge in [0.2, 0.25) is 11.9 Å². The molecular weight excluding hydrogens is 260 g/mol. The smallest absolute Gasteiger partial charge is 0.323 e. The largest absolute Gasteiger partial charge is 0.463 e. The first-order valence-corrected chi connectivity index (χ1v) is 6.40. The molecule has 20 heavy (non-hydrogen) atoms. The fourth-order valence-electron chi connectivity index (χ4n) is 1.63. The van der Waals surface area contributed by atoms with Gasteiger partial charge in [-0.2, -0.15) is 15.0 Å². The molecule has 0 amide bonds. The van der Waals surface area contributed by atoms with Crippen LogP contribution in [0, 0.1) is 13.8 Å². The Morgan fingerprint density at radius 2 is 2.05 bits per heavy atom. The van der Waals surface area contributed by atoms with Crippen molar-refractivity contribution in [2.75, 3.05) is 17.7 Å². The summed E-state index contributed by atoms with van der Waals surface area (Å²) in [6.07, 6.45) is 0.868. The van der Waals surface area contributed by atoms with Gasteiger partial charge in [-0.3, -0.25) is 0 Å². The molecule has 0 aliphatic heterocycles. The lowest BCUT2D eigenvalue weighted by molar-refractivity contribution is 0.292. The highest BCUT2D eigenvalue weighted by molar-refractivity contribution is 5.35. The number of aromatic nitrogens is 4. The summed E-state index contributed by atoms with van der Waals surface area (Å²) in [5, 5.41) is 6.95. The van der Waals surface area contributed by atoms with Gasteiger partial charge in [-0.15, -0.1) is 0 Å². The zero-order valence-electron chi connectivity index (χ0n) is 11.8. The summed E-state index contributed by atoms with van der Waals surface area (Å²) >= 11 is 0. The minimum absolute atomic E-state index is 0.118.